The van der Waals surface area contributed by atoms with Crippen LogP contribution in [0.15, 0.2) is 121 Å². The lowest BCUT2D eigenvalue weighted by Gasteiger charge is -2.28. The number of hydrogen-bond donors (Lipinski definition) is 0. The Hall–Kier alpha value is -3.69. The molecule has 3 heteroatoms. The molecule has 0 radical (unpaired) electrons. The first-order valence-corrected chi connectivity index (χ1v) is 13.3. The maximum absolute atomic E-state index is 12.0. The van der Waals surface area contributed by atoms with Crippen LogP contribution in [0.25, 0.3) is 0 Å². The number of carbonyl (C=O) groups excluding carboxylic acids is 1. The second kappa shape index (κ2) is 13.6. The van der Waals surface area contributed by atoms with Crippen molar-refractivity contribution in [1.29, 1.82) is 0 Å². The molecule has 3 nitrogen and oxygen atoms in total. The van der Waals surface area contributed by atoms with Crippen molar-refractivity contribution in [1.82, 2.24) is 9.80 Å². The van der Waals surface area contributed by atoms with Crippen molar-refractivity contribution >= 4 is 5.91 Å². The maximum atomic E-state index is 12.0. The summed E-state index contributed by atoms with van der Waals surface area (Å²) >= 11 is 0. The zero-order chi connectivity index (χ0) is 25.9. The minimum atomic E-state index is 0.122. The first-order valence-electron chi connectivity index (χ1n) is 13.3. The largest absolute Gasteiger partial charge is 0.349 e. The molecule has 37 heavy (non-hydrogen) atoms. The SMILES string of the molecule is CN(C)C(=O)CC(c1ccccc1)c1ccccc1.c1ccc(C(c2ccccc2)N2CCCC2)cc1. The highest BCUT2D eigenvalue weighted by molar-refractivity contribution is 5.77. The summed E-state index contributed by atoms with van der Waals surface area (Å²) in [6, 6.07) is 42.6. The topological polar surface area (TPSA) is 23.6 Å². The van der Waals surface area contributed by atoms with E-state index >= 15 is 0 Å². The third-order valence-electron chi connectivity index (χ3n) is 7.02. The van der Waals surface area contributed by atoms with Gasteiger partial charge in [-0.3, -0.25) is 9.69 Å². The van der Waals surface area contributed by atoms with Crippen LogP contribution < -0.4 is 0 Å². The van der Waals surface area contributed by atoms with Crippen molar-refractivity contribution in [3.05, 3.63) is 144 Å². The molecule has 1 aliphatic rings. The van der Waals surface area contributed by atoms with E-state index in [9.17, 15) is 4.79 Å². The molecule has 5 rings (SSSR count). The fourth-order valence-electron chi connectivity index (χ4n) is 5.04. The second-order valence-corrected chi connectivity index (χ2v) is 9.83. The molecule has 0 saturated carbocycles. The van der Waals surface area contributed by atoms with Crippen molar-refractivity contribution in [3.8, 4) is 0 Å². The molecule has 0 atom stereocenters. The fourth-order valence-corrected chi connectivity index (χ4v) is 5.04. The molecular weight excluding hydrogens is 452 g/mol. The van der Waals surface area contributed by atoms with Gasteiger partial charge in [0.15, 0.2) is 0 Å². The Bertz CT molecular complexity index is 1110. The Balaban J connectivity index is 0.000000173. The number of benzene rings is 4. The standard InChI is InChI=1S/C17H19NO.C17H19N/c1-18(2)17(19)13-16(14-9-5-3-6-10-14)15-11-7-4-8-12-15;1-3-9-15(10-4-1)17(18-13-7-8-14-18)16-11-5-2-6-12-16/h3-12,16H,13H2,1-2H3;1-6,9-12,17H,7-8,13-14H2. The van der Waals surface area contributed by atoms with Gasteiger partial charge >= 0.3 is 0 Å². The summed E-state index contributed by atoms with van der Waals surface area (Å²) in [5, 5.41) is 0. The maximum Gasteiger partial charge on any atom is 0.223 e. The van der Waals surface area contributed by atoms with Gasteiger partial charge in [0.05, 0.1) is 6.04 Å². The Morgan fingerprint density at radius 2 is 0.973 bits per heavy atom. The molecule has 0 N–H and O–H groups in total. The smallest absolute Gasteiger partial charge is 0.223 e. The molecule has 1 heterocycles. The highest BCUT2D eigenvalue weighted by atomic mass is 16.2. The van der Waals surface area contributed by atoms with E-state index in [0.717, 1.165) is 0 Å². The minimum absolute atomic E-state index is 0.122. The van der Waals surface area contributed by atoms with E-state index in [2.05, 4.69) is 89.8 Å². The lowest BCUT2D eigenvalue weighted by molar-refractivity contribution is -0.128. The van der Waals surface area contributed by atoms with Crippen LogP contribution in [0.4, 0.5) is 0 Å². The first-order chi connectivity index (χ1) is 18.1. The lowest BCUT2D eigenvalue weighted by atomic mass is 9.88. The van der Waals surface area contributed by atoms with Gasteiger partial charge in [0, 0.05) is 26.4 Å². The monoisotopic (exact) mass is 490 g/mol. The number of hydrogen-bond acceptors (Lipinski definition) is 2. The fraction of sp³-hybridized carbons (Fsp3) is 0.265. The van der Waals surface area contributed by atoms with Crippen LogP contribution >= 0.6 is 0 Å². The average Bonchev–Trinajstić information content (AvgIpc) is 3.49. The summed E-state index contributed by atoms with van der Waals surface area (Å²) in [4.78, 5) is 16.3. The molecule has 4 aromatic rings. The van der Waals surface area contributed by atoms with Gasteiger partial charge in [-0.15, -0.1) is 0 Å². The van der Waals surface area contributed by atoms with E-state index in [1.165, 1.54) is 48.2 Å². The number of carbonyl (C=O) groups is 1. The van der Waals surface area contributed by atoms with Gasteiger partial charge in [-0.05, 0) is 48.2 Å². The Morgan fingerprint density at radius 1 is 0.622 bits per heavy atom. The molecule has 1 amide bonds. The van der Waals surface area contributed by atoms with Crippen LogP contribution in [-0.2, 0) is 4.79 Å². The summed E-state index contributed by atoms with van der Waals surface area (Å²) in [6.45, 7) is 2.43. The van der Waals surface area contributed by atoms with E-state index in [0.29, 0.717) is 12.5 Å². The van der Waals surface area contributed by atoms with E-state index in [4.69, 9.17) is 0 Å². The van der Waals surface area contributed by atoms with Crippen molar-refractivity contribution < 1.29 is 4.79 Å². The molecule has 0 aliphatic carbocycles. The molecular formula is C34H38N2O. The first kappa shape index (κ1) is 26.4. The Labute approximate surface area is 222 Å². The van der Waals surface area contributed by atoms with Gasteiger partial charge in [-0.25, -0.2) is 0 Å². The van der Waals surface area contributed by atoms with Gasteiger partial charge in [-0.2, -0.15) is 0 Å². The van der Waals surface area contributed by atoms with Gasteiger partial charge in [-0.1, -0.05) is 121 Å². The van der Waals surface area contributed by atoms with Crippen LogP contribution in [0.1, 0.15) is 53.5 Å². The van der Waals surface area contributed by atoms with Crippen LogP contribution in [0.2, 0.25) is 0 Å². The molecule has 1 saturated heterocycles. The highest BCUT2D eigenvalue weighted by Crippen LogP contribution is 2.31. The van der Waals surface area contributed by atoms with Crippen LogP contribution in [0.3, 0.4) is 0 Å². The Kier molecular flexibility index (Phi) is 9.67. The van der Waals surface area contributed by atoms with E-state index in [1.54, 1.807) is 19.0 Å². The molecule has 4 aromatic carbocycles. The number of rotatable bonds is 7. The number of nitrogens with zero attached hydrogens (tertiary/aromatic N) is 2. The Morgan fingerprint density at radius 3 is 1.32 bits per heavy atom. The summed E-state index contributed by atoms with van der Waals surface area (Å²) in [5.41, 5.74) is 5.18. The van der Waals surface area contributed by atoms with E-state index < -0.39 is 0 Å². The normalized spacial score (nSPS) is 13.3. The summed E-state index contributed by atoms with van der Waals surface area (Å²) in [6.07, 6.45) is 3.16. The van der Waals surface area contributed by atoms with Gasteiger partial charge in [0.25, 0.3) is 0 Å². The zero-order valence-electron chi connectivity index (χ0n) is 22.0. The summed E-state index contributed by atoms with van der Waals surface area (Å²) < 4.78 is 0. The highest BCUT2D eigenvalue weighted by Gasteiger charge is 2.24. The molecule has 1 aliphatic heterocycles. The average molecular weight is 491 g/mol. The number of amides is 1. The third-order valence-corrected chi connectivity index (χ3v) is 7.02. The molecule has 0 spiro atoms. The van der Waals surface area contributed by atoms with E-state index in [-0.39, 0.29) is 11.8 Å². The lowest BCUT2D eigenvalue weighted by Crippen LogP contribution is -2.26. The third kappa shape index (κ3) is 7.41. The van der Waals surface area contributed by atoms with Gasteiger partial charge < -0.3 is 4.90 Å². The molecule has 190 valence electrons. The van der Waals surface area contributed by atoms with Crippen molar-refractivity contribution in [2.75, 3.05) is 27.2 Å². The molecule has 1 fully saturated rings. The zero-order valence-corrected chi connectivity index (χ0v) is 22.0. The van der Waals surface area contributed by atoms with Crippen LogP contribution in [0.5, 0.6) is 0 Å². The molecule has 0 bridgehead atoms. The van der Waals surface area contributed by atoms with Crippen molar-refractivity contribution in [3.63, 3.8) is 0 Å². The van der Waals surface area contributed by atoms with E-state index in [1.807, 2.05) is 36.4 Å². The second-order valence-electron chi connectivity index (χ2n) is 9.83. The number of likely N-dealkylation sites (tertiary alicyclic amines) is 1. The quantitative estimate of drug-likeness (QED) is 0.274. The van der Waals surface area contributed by atoms with Gasteiger partial charge in [0.1, 0.15) is 0 Å². The predicted molar refractivity (Wildman–Crippen MR) is 154 cm³/mol. The predicted octanol–water partition coefficient (Wildman–Crippen LogP) is 7.17. The molecule has 0 aromatic heterocycles. The van der Waals surface area contributed by atoms with Crippen molar-refractivity contribution in [2.45, 2.75) is 31.2 Å². The summed E-state index contributed by atoms with van der Waals surface area (Å²) in [7, 11) is 3.60. The molecule has 0 unspecified atom stereocenters. The van der Waals surface area contributed by atoms with Crippen LogP contribution in [-0.4, -0.2) is 42.9 Å². The minimum Gasteiger partial charge on any atom is -0.349 e. The summed E-state index contributed by atoms with van der Waals surface area (Å²) in [5.74, 6) is 0.273. The van der Waals surface area contributed by atoms with Gasteiger partial charge in [0.2, 0.25) is 5.91 Å². The van der Waals surface area contributed by atoms with Crippen LogP contribution in [0, 0.1) is 0 Å². The van der Waals surface area contributed by atoms with Crippen molar-refractivity contribution in [2.24, 2.45) is 0 Å².